The monoisotopic (exact) mass is 363 g/mol. The minimum atomic E-state index is 0.307. The SMILES string of the molecule is Cc1nc2scc(C)n2c1CN[C@H](C)c1ccc(Br)cc1. The smallest absolute Gasteiger partial charge is 0.194 e. The zero-order valence-corrected chi connectivity index (χ0v) is 14.8. The Morgan fingerprint density at radius 2 is 2.00 bits per heavy atom. The van der Waals surface area contributed by atoms with Gasteiger partial charge in [0.05, 0.1) is 11.4 Å². The van der Waals surface area contributed by atoms with Gasteiger partial charge in [-0.25, -0.2) is 4.98 Å². The first-order chi connectivity index (χ1) is 10.1. The number of aryl methyl sites for hydroxylation is 2. The van der Waals surface area contributed by atoms with E-state index in [4.69, 9.17) is 0 Å². The van der Waals surface area contributed by atoms with Crippen LogP contribution in [0.1, 0.15) is 35.6 Å². The summed E-state index contributed by atoms with van der Waals surface area (Å²) in [5.74, 6) is 0. The maximum Gasteiger partial charge on any atom is 0.194 e. The van der Waals surface area contributed by atoms with Gasteiger partial charge in [-0.2, -0.15) is 0 Å². The highest BCUT2D eigenvalue weighted by Crippen LogP contribution is 2.22. The second-order valence-corrected chi connectivity index (χ2v) is 7.05. The van der Waals surface area contributed by atoms with Crippen molar-refractivity contribution in [1.82, 2.24) is 14.7 Å². The Hall–Kier alpha value is -1.17. The number of halogens is 1. The van der Waals surface area contributed by atoms with Gasteiger partial charge in [0.1, 0.15) is 0 Å². The molecule has 1 aromatic carbocycles. The Kier molecular flexibility index (Phi) is 4.15. The molecule has 5 heteroatoms. The third-order valence-electron chi connectivity index (χ3n) is 3.78. The summed E-state index contributed by atoms with van der Waals surface area (Å²) in [7, 11) is 0. The lowest BCUT2D eigenvalue weighted by molar-refractivity contribution is 0.563. The summed E-state index contributed by atoms with van der Waals surface area (Å²) >= 11 is 5.17. The number of rotatable bonds is 4. The van der Waals surface area contributed by atoms with Crippen LogP contribution < -0.4 is 5.32 Å². The summed E-state index contributed by atoms with van der Waals surface area (Å²) in [5, 5.41) is 5.76. The average Bonchev–Trinajstić information content (AvgIpc) is 2.97. The molecule has 110 valence electrons. The Morgan fingerprint density at radius 1 is 1.29 bits per heavy atom. The van der Waals surface area contributed by atoms with Crippen molar-refractivity contribution in [2.24, 2.45) is 0 Å². The van der Waals surface area contributed by atoms with E-state index in [2.05, 4.69) is 81.0 Å². The van der Waals surface area contributed by atoms with Gasteiger partial charge in [0.25, 0.3) is 0 Å². The maximum absolute atomic E-state index is 4.63. The molecular weight excluding hydrogens is 346 g/mol. The van der Waals surface area contributed by atoms with Crippen molar-refractivity contribution in [2.75, 3.05) is 0 Å². The van der Waals surface area contributed by atoms with Gasteiger partial charge in [0, 0.05) is 28.1 Å². The summed E-state index contributed by atoms with van der Waals surface area (Å²) in [6.07, 6.45) is 0. The highest BCUT2D eigenvalue weighted by atomic mass is 79.9. The summed E-state index contributed by atoms with van der Waals surface area (Å²) in [6.45, 7) is 7.23. The molecule has 1 N–H and O–H groups in total. The standard InChI is InChI=1S/C16H18BrN3S/c1-10-9-21-16-19-12(3)15(20(10)16)8-18-11(2)13-4-6-14(17)7-5-13/h4-7,9,11,18H,8H2,1-3H3/t11-/m1/s1. The molecule has 3 nitrogen and oxygen atoms in total. The molecule has 0 spiro atoms. The summed E-state index contributed by atoms with van der Waals surface area (Å²) in [5.41, 5.74) is 4.91. The molecule has 0 saturated carbocycles. The van der Waals surface area contributed by atoms with E-state index in [-0.39, 0.29) is 0 Å². The number of hydrogen-bond donors (Lipinski definition) is 1. The van der Waals surface area contributed by atoms with Crippen molar-refractivity contribution in [3.8, 4) is 0 Å². The summed E-state index contributed by atoms with van der Waals surface area (Å²) in [4.78, 5) is 5.71. The predicted molar refractivity (Wildman–Crippen MR) is 91.9 cm³/mol. The zero-order chi connectivity index (χ0) is 15.0. The average molecular weight is 364 g/mol. The molecule has 3 rings (SSSR count). The van der Waals surface area contributed by atoms with Gasteiger partial charge in [0.15, 0.2) is 4.96 Å². The number of imidazole rings is 1. The van der Waals surface area contributed by atoms with Gasteiger partial charge >= 0.3 is 0 Å². The van der Waals surface area contributed by atoms with Crippen molar-refractivity contribution in [3.63, 3.8) is 0 Å². The van der Waals surface area contributed by atoms with Gasteiger partial charge in [0.2, 0.25) is 0 Å². The van der Waals surface area contributed by atoms with E-state index in [1.54, 1.807) is 11.3 Å². The number of fused-ring (bicyclic) bond motifs is 1. The molecule has 0 unspecified atom stereocenters. The van der Waals surface area contributed by atoms with Crippen molar-refractivity contribution >= 4 is 32.2 Å². The first-order valence-electron chi connectivity index (χ1n) is 6.97. The van der Waals surface area contributed by atoms with E-state index < -0.39 is 0 Å². The van der Waals surface area contributed by atoms with Gasteiger partial charge in [-0.15, -0.1) is 11.3 Å². The number of thiazole rings is 1. The van der Waals surface area contributed by atoms with Crippen molar-refractivity contribution in [2.45, 2.75) is 33.4 Å². The molecule has 0 amide bonds. The van der Waals surface area contributed by atoms with Crippen LogP contribution in [-0.2, 0) is 6.54 Å². The van der Waals surface area contributed by atoms with Crippen LogP contribution >= 0.6 is 27.3 Å². The number of hydrogen-bond acceptors (Lipinski definition) is 3. The topological polar surface area (TPSA) is 29.3 Å². The van der Waals surface area contributed by atoms with E-state index in [0.29, 0.717) is 6.04 Å². The van der Waals surface area contributed by atoms with Crippen LogP contribution in [0.25, 0.3) is 4.96 Å². The van der Waals surface area contributed by atoms with Crippen LogP contribution in [0.15, 0.2) is 34.1 Å². The van der Waals surface area contributed by atoms with Crippen LogP contribution in [0.5, 0.6) is 0 Å². The normalized spacial score (nSPS) is 13.0. The highest BCUT2D eigenvalue weighted by molar-refractivity contribution is 9.10. The number of aromatic nitrogens is 2. The Balaban J connectivity index is 1.78. The minimum absolute atomic E-state index is 0.307. The Labute approximate surface area is 137 Å². The van der Waals surface area contributed by atoms with Gasteiger partial charge < -0.3 is 5.32 Å². The lowest BCUT2D eigenvalue weighted by atomic mass is 10.1. The molecular formula is C16H18BrN3S. The Bertz CT molecular complexity index is 758. The molecule has 2 heterocycles. The second-order valence-electron chi connectivity index (χ2n) is 5.29. The Morgan fingerprint density at radius 3 is 2.71 bits per heavy atom. The molecule has 0 bridgehead atoms. The van der Waals surface area contributed by atoms with E-state index in [1.165, 1.54) is 17.0 Å². The quantitative estimate of drug-likeness (QED) is 0.732. The molecule has 0 aliphatic carbocycles. The third-order valence-corrected chi connectivity index (χ3v) is 5.25. The van der Waals surface area contributed by atoms with E-state index in [9.17, 15) is 0 Å². The lowest BCUT2D eigenvalue weighted by Crippen LogP contribution is -2.19. The lowest BCUT2D eigenvalue weighted by Gasteiger charge is -2.14. The fourth-order valence-electron chi connectivity index (χ4n) is 2.49. The highest BCUT2D eigenvalue weighted by Gasteiger charge is 2.13. The van der Waals surface area contributed by atoms with Gasteiger partial charge in [-0.05, 0) is 38.5 Å². The third kappa shape index (κ3) is 2.91. The van der Waals surface area contributed by atoms with Crippen LogP contribution in [0.3, 0.4) is 0 Å². The summed E-state index contributed by atoms with van der Waals surface area (Å²) in [6, 6.07) is 8.77. The zero-order valence-electron chi connectivity index (χ0n) is 12.4. The first-order valence-corrected chi connectivity index (χ1v) is 8.64. The van der Waals surface area contributed by atoms with E-state index in [0.717, 1.165) is 21.7 Å². The molecule has 0 aliphatic heterocycles. The van der Waals surface area contributed by atoms with Crippen LogP contribution in [-0.4, -0.2) is 9.38 Å². The van der Waals surface area contributed by atoms with E-state index in [1.807, 2.05) is 0 Å². The van der Waals surface area contributed by atoms with Gasteiger partial charge in [-0.1, -0.05) is 28.1 Å². The molecule has 0 fully saturated rings. The number of nitrogens with one attached hydrogen (secondary N) is 1. The molecule has 3 aromatic rings. The minimum Gasteiger partial charge on any atom is -0.305 e. The van der Waals surface area contributed by atoms with Gasteiger partial charge in [-0.3, -0.25) is 4.40 Å². The maximum atomic E-state index is 4.63. The molecule has 0 radical (unpaired) electrons. The van der Waals surface area contributed by atoms with Crippen LogP contribution in [0, 0.1) is 13.8 Å². The molecule has 2 aromatic heterocycles. The largest absolute Gasteiger partial charge is 0.305 e. The second kappa shape index (κ2) is 5.91. The molecule has 21 heavy (non-hydrogen) atoms. The predicted octanol–water partition coefficient (Wildman–Crippen LogP) is 4.63. The van der Waals surface area contributed by atoms with Crippen molar-refractivity contribution in [3.05, 3.63) is 56.8 Å². The fourth-order valence-corrected chi connectivity index (χ4v) is 3.69. The fraction of sp³-hybridized carbons (Fsp3) is 0.312. The first kappa shape index (κ1) is 14.8. The number of nitrogens with zero attached hydrogens (tertiary/aromatic N) is 2. The van der Waals surface area contributed by atoms with E-state index >= 15 is 0 Å². The van der Waals surface area contributed by atoms with Crippen LogP contribution in [0.2, 0.25) is 0 Å². The molecule has 0 saturated heterocycles. The van der Waals surface area contributed by atoms with Crippen LogP contribution in [0.4, 0.5) is 0 Å². The molecule has 0 aliphatic rings. The number of benzene rings is 1. The van der Waals surface area contributed by atoms with Crippen molar-refractivity contribution < 1.29 is 0 Å². The summed E-state index contributed by atoms with van der Waals surface area (Å²) < 4.78 is 3.36. The molecule has 1 atom stereocenters. The van der Waals surface area contributed by atoms with Crippen molar-refractivity contribution in [1.29, 1.82) is 0 Å².